The summed E-state index contributed by atoms with van der Waals surface area (Å²) >= 11 is 6.89. The van der Waals surface area contributed by atoms with Crippen LogP contribution in [0.1, 0.15) is 17.2 Å². The van der Waals surface area contributed by atoms with Crippen LogP contribution in [0, 0.1) is 0 Å². The molecule has 2 aliphatic heterocycles. The summed E-state index contributed by atoms with van der Waals surface area (Å²) in [6.07, 6.45) is 0.741. The van der Waals surface area contributed by atoms with E-state index in [4.69, 9.17) is 21.2 Å². The molecular formula is C29H26ClN3O8S. The maximum Gasteiger partial charge on any atom is 0.356 e. The summed E-state index contributed by atoms with van der Waals surface area (Å²) in [5, 5.41) is 5.20. The quantitative estimate of drug-likeness (QED) is 0.0957. The standard InChI is InChI=1S/C29H26ClN3O8S/c1-3-17-16-42-28-23(31-26(36)22(20(34)14-30)32-40-15-21(35)39-2)27(37)33(28)24(17)29(38)41-25(18-10-6-4-7-11-18)19-12-8-5-9-13-19/h3-13,23,25,28H,1,14-16H2,2H3,(H,31,36)/b32-22+/t23-,28-/m1/s1. The molecule has 2 aromatic rings. The van der Waals surface area contributed by atoms with E-state index in [0.717, 1.165) is 18.2 Å². The molecular weight excluding hydrogens is 586 g/mol. The first kappa shape index (κ1) is 30.5. The zero-order valence-electron chi connectivity index (χ0n) is 22.4. The van der Waals surface area contributed by atoms with Crippen molar-refractivity contribution in [1.29, 1.82) is 0 Å². The third kappa shape index (κ3) is 6.55. The van der Waals surface area contributed by atoms with Gasteiger partial charge in [-0.05, 0) is 16.7 Å². The number of methoxy groups -OCH3 is 1. The van der Waals surface area contributed by atoms with Crippen molar-refractivity contribution >= 4 is 58.6 Å². The van der Waals surface area contributed by atoms with Crippen molar-refractivity contribution in [2.75, 3.05) is 25.3 Å². The second-order valence-electron chi connectivity index (χ2n) is 8.89. The number of Topliss-reactive ketones (excluding diaryl/α,β-unsaturated/α-hetero) is 1. The monoisotopic (exact) mass is 611 g/mol. The van der Waals surface area contributed by atoms with Gasteiger partial charge in [-0.25, -0.2) is 9.59 Å². The smallest absolute Gasteiger partial charge is 0.356 e. The first-order valence-corrected chi connectivity index (χ1v) is 14.2. The number of oxime groups is 1. The number of allylic oxidation sites excluding steroid dienone is 1. The summed E-state index contributed by atoms with van der Waals surface area (Å²) in [6.45, 7) is 3.14. The Hall–Kier alpha value is -4.42. The predicted octanol–water partition coefficient (Wildman–Crippen LogP) is 2.51. The van der Waals surface area contributed by atoms with E-state index in [1.807, 2.05) is 60.7 Å². The molecule has 1 N–H and O–H groups in total. The lowest BCUT2D eigenvalue weighted by Gasteiger charge is -2.49. The van der Waals surface area contributed by atoms with Crippen LogP contribution in [0.4, 0.5) is 0 Å². The van der Waals surface area contributed by atoms with E-state index >= 15 is 0 Å². The van der Waals surface area contributed by atoms with E-state index in [1.165, 1.54) is 22.7 Å². The van der Waals surface area contributed by atoms with Crippen molar-refractivity contribution in [1.82, 2.24) is 10.2 Å². The molecule has 2 aliphatic rings. The Bertz CT molecular complexity index is 1410. The average molecular weight is 612 g/mol. The zero-order valence-corrected chi connectivity index (χ0v) is 23.9. The molecule has 13 heteroatoms. The highest BCUT2D eigenvalue weighted by Crippen LogP contribution is 2.41. The summed E-state index contributed by atoms with van der Waals surface area (Å²) in [6, 6.07) is 17.3. The summed E-state index contributed by atoms with van der Waals surface area (Å²) < 4.78 is 10.4. The van der Waals surface area contributed by atoms with E-state index < -0.39 is 65.3 Å². The highest BCUT2D eigenvalue weighted by molar-refractivity contribution is 8.00. The normalized spacial score (nSPS) is 18.0. The van der Waals surface area contributed by atoms with Gasteiger partial charge in [-0.1, -0.05) is 78.5 Å². The topological polar surface area (TPSA) is 141 Å². The lowest BCUT2D eigenvalue weighted by Crippen LogP contribution is -2.71. The number of carbonyl (C=O) groups excluding carboxylic acids is 5. The third-order valence-electron chi connectivity index (χ3n) is 6.32. The molecule has 2 amide bonds. The fourth-order valence-corrected chi connectivity index (χ4v) is 5.70. The minimum absolute atomic E-state index is 0.0215. The first-order chi connectivity index (χ1) is 20.3. The number of esters is 2. The second kappa shape index (κ2) is 14.0. The number of nitrogens with zero attached hydrogens (tertiary/aromatic N) is 2. The van der Waals surface area contributed by atoms with Gasteiger partial charge in [0.2, 0.25) is 18.1 Å². The van der Waals surface area contributed by atoms with Crippen molar-refractivity contribution in [3.8, 4) is 0 Å². The molecule has 0 spiro atoms. The second-order valence-corrected chi connectivity index (χ2v) is 10.3. The number of hydrogen-bond donors (Lipinski definition) is 1. The number of fused-ring (bicyclic) bond motifs is 1. The number of amides is 2. The number of ether oxygens (including phenoxy) is 2. The fourth-order valence-electron chi connectivity index (χ4n) is 4.24. The molecule has 0 bridgehead atoms. The Balaban J connectivity index is 1.54. The summed E-state index contributed by atoms with van der Waals surface area (Å²) in [4.78, 5) is 69.3. The van der Waals surface area contributed by atoms with Crippen LogP contribution in [-0.2, 0) is 38.3 Å². The first-order valence-electron chi connectivity index (χ1n) is 12.6. The van der Waals surface area contributed by atoms with Crippen LogP contribution in [0.5, 0.6) is 0 Å². The third-order valence-corrected chi connectivity index (χ3v) is 7.87. The Kier molecular flexibility index (Phi) is 10.2. The van der Waals surface area contributed by atoms with Gasteiger partial charge in [0, 0.05) is 5.75 Å². The number of ketones is 1. The number of carbonyl (C=O) groups is 5. The van der Waals surface area contributed by atoms with Gasteiger partial charge in [-0.2, -0.15) is 0 Å². The summed E-state index contributed by atoms with van der Waals surface area (Å²) in [5.74, 6) is -4.32. The van der Waals surface area contributed by atoms with E-state index in [1.54, 1.807) is 0 Å². The van der Waals surface area contributed by atoms with Crippen LogP contribution in [0.15, 0.2) is 89.7 Å². The molecule has 1 saturated heterocycles. The molecule has 2 aromatic carbocycles. The number of β-lactam (4-membered cyclic amide) rings is 1. The Morgan fingerprint density at radius 3 is 2.29 bits per heavy atom. The number of thioether (sulfide) groups is 1. The van der Waals surface area contributed by atoms with Crippen molar-refractivity contribution in [2.24, 2.45) is 5.16 Å². The number of nitrogens with one attached hydrogen (secondary N) is 1. The van der Waals surface area contributed by atoms with Gasteiger partial charge in [-0.15, -0.1) is 23.4 Å². The zero-order chi connectivity index (χ0) is 30.2. The van der Waals surface area contributed by atoms with Crippen molar-refractivity contribution in [3.63, 3.8) is 0 Å². The van der Waals surface area contributed by atoms with E-state index in [9.17, 15) is 24.0 Å². The molecule has 1 fully saturated rings. The SMILES string of the molecule is C=CC1=C(C(=O)OC(c2ccccc2)c2ccccc2)N2C(=O)[C@@H](NC(=O)/C(=N/OCC(=O)OC)C(=O)CCl)[C@H]2SC1. The molecule has 218 valence electrons. The van der Waals surface area contributed by atoms with E-state index in [-0.39, 0.29) is 5.70 Å². The molecule has 42 heavy (non-hydrogen) atoms. The molecule has 11 nitrogen and oxygen atoms in total. The van der Waals surface area contributed by atoms with E-state index in [0.29, 0.717) is 11.3 Å². The van der Waals surface area contributed by atoms with E-state index in [2.05, 4.69) is 21.8 Å². The summed E-state index contributed by atoms with van der Waals surface area (Å²) in [7, 11) is 1.13. The molecule has 0 aromatic heterocycles. The molecule has 0 aliphatic carbocycles. The van der Waals surface area contributed by atoms with Gasteiger partial charge in [0.25, 0.3) is 11.8 Å². The van der Waals surface area contributed by atoms with Crippen LogP contribution in [0.3, 0.4) is 0 Å². The van der Waals surface area contributed by atoms with Crippen LogP contribution < -0.4 is 5.32 Å². The average Bonchev–Trinajstić information content (AvgIpc) is 3.03. The Labute approximate surface area is 250 Å². The van der Waals surface area contributed by atoms with Crippen LogP contribution in [0.2, 0.25) is 0 Å². The minimum atomic E-state index is -1.09. The van der Waals surface area contributed by atoms with Crippen LogP contribution in [-0.4, -0.2) is 76.9 Å². The van der Waals surface area contributed by atoms with Crippen molar-refractivity contribution in [2.45, 2.75) is 17.5 Å². The minimum Gasteiger partial charge on any atom is -0.466 e. The van der Waals surface area contributed by atoms with Gasteiger partial charge >= 0.3 is 11.9 Å². The van der Waals surface area contributed by atoms with Gasteiger partial charge in [0.15, 0.2) is 6.10 Å². The summed E-state index contributed by atoms with van der Waals surface area (Å²) in [5.41, 5.74) is 1.27. The number of rotatable bonds is 12. The highest BCUT2D eigenvalue weighted by atomic mass is 35.5. The maximum absolute atomic E-state index is 13.7. The Morgan fingerprint density at radius 2 is 1.74 bits per heavy atom. The van der Waals surface area contributed by atoms with Gasteiger partial charge in [0.1, 0.15) is 17.1 Å². The molecule has 0 saturated carbocycles. The lowest BCUT2D eigenvalue weighted by molar-refractivity contribution is -0.154. The maximum atomic E-state index is 13.7. The predicted molar refractivity (Wildman–Crippen MR) is 154 cm³/mol. The van der Waals surface area contributed by atoms with Crippen molar-refractivity contribution < 1.29 is 38.3 Å². The highest BCUT2D eigenvalue weighted by Gasteiger charge is 2.54. The van der Waals surface area contributed by atoms with Gasteiger partial charge in [-0.3, -0.25) is 19.3 Å². The van der Waals surface area contributed by atoms with Gasteiger partial charge < -0.3 is 19.6 Å². The largest absolute Gasteiger partial charge is 0.466 e. The molecule has 4 rings (SSSR count). The number of hydrogen-bond acceptors (Lipinski definition) is 10. The molecule has 2 atom stereocenters. The van der Waals surface area contributed by atoms with Crippen LogP contribution >= 0.6 is 23.4 Å². The number of benzene rings is 2. The number of halogens is 1. The Morgan fingerprint density at radius 1 is 1.12 bits per heavy atom. The number of alkyl halides is 1. The molecule has 0 radical (unpaired) electrons. The molecule has 0 unspecified atom stereocenters. The lowest BCUT2D eigenvalue weighted by atomic mass is 10.0. The fraction of sp³-hybridized carbons (Fsp3) is 0.241. The van der Waals surface area contributed by atoms with Crippen molar-refractivity contribution in [3.05, 3.63) is 95.7 Å². The van der Waals surface area contributed by atoms with Gasteiger partial charge in [0.05, 0.1) is 13.0 Å². The molecule has 2 heterocycles. The van der Waals surface area contributed by atoms with Crippen LogP contribution in [0.25, 0.3) is 0 Å².